The second kappa shape index (κ2) is 16.2. The molecule has 0 saturated carbocycles. The van der Waals surface area contributed by atoms with Gasteiger partial charge in [0.2, 0.25) is 0 Å². The third-order valence-corrected chi connectivity index (χ3v) is 14.6. The molecule has 0 N–H and O–H groups in total. The number of benzene rings is 11. The molecule has 2 aromatic heterocycles. The first kappa shape index (κ1) is 38.9. The second-order valence-corrected chi connectivity index (χ2v) is 18.2. The zero-order valence-corrected chi connectivity index (χ0v) is 37.4. The Kier molecular flexibility index (Phi) is 9.40. The Balaban J connectivity index is 1.13. The van der Waals surface area contributed by atoms with Gasteiger partial charge in [-0.25, -0.2) is 0 Å². The predicted molar refractivity (Wildman–Crippen MR) is 288 cm³/mol. The molecular weight excluding hydrogens is 829 g/mol. The summed E-state index contributed by atoms with van der Waals surface area (Å²) in [4.78, 5) is 2.55. The van der Waals surface area contributed by atoms with Gasteiger partial charge < -0.3 is 9.47 Å². The molecule has 314 valence electrons. The zero-order chi connectivity index (χ0) is 44.3. The van der Waals surface area contributed by atoms with Crippen molar-refractivity contribution in [3.05, 3.63) is 255 Å². The summed E-state index contributed by atoms with van der Waals surface area (Å²) >= 11 is 1.88. The number of rotatable bonds is 8. The molecule has 13 rings (SSSR count). The number of nitrogens with zero attached hydrogens (tertiary/aromatic N) is 2. The van der Waals surface area contributed by atoms with Gasteiger partial charge in [-0.15, -0.1) is 11.3 Å². The fraction of sp³-hybridized carbons (Fsp3) is 0. The SMILES string of the molecule is c1ccc(-c2cccc3cccc(-c4ccccc4N(c4ccccc4-c4cccc5c4sc4ccccc45)c4ccccc4-c4cccc5c6ccccc6n(-c6ccccc6)c45)c23)cc1. The number of thiophene rings is 1. The highest BCUT2D eigenvalue weighted by Crippen LogP contribution is 2.52. The maximum absolute atomic E-state index is 2.55. The Hall–Kier alpha value is -8.50. The van der Waals surface area contributed by atoms with Crippen molar-refractivity contribution in [2.45, 2.75) is 0 Å². The summed E-state index contributed by atoms with van der Waals surface area (Å²) in [5.74, 6) is 0. The number of fused-ring (bicyclic) bond motifs is 7. The monoisotopic (exact) mass is 870 g/mol. The van der Waals surface area contributed by atoms with Crippen molar-refractivity contribution in [3.8, 4) is 50.2 Å². The first-order chi connectivity index (χ1) is 33.3. The van der Waals surface area contributed by atoms with E-state index < -0.39 is 0 Å². The van der Waals surface area contributed by atoms with Crippen LogP contribution in [0.15, 0.2) is 255 Å². The standard InChI is InChI=1S/C64H42N2S/c1-3-21-43(22-4-1)46-32-17-23-44-24-18-33-52(62(44)46)47-27-7-13-39-58(47)66(60-41-15-10-30-50(60)55-36-20-37-56-51-31-11-16-42-61(51)67-64(55)56)59-40-14-9-29-49(59)54-35-19-34-53-48-28-8-12-38-57(48)65(63(53)54)45-25-5-2-6-26-45/h1-42H. The van der Waals surface area contributed by atoms with E-state index in [4.69, 9.17) is 0 Å². The van der Waals surface area contributed by atoms with Gasteiger partial charge in [0, 0.05) is 64.4 Å². The molecule has 67 heavy (non-hydrogen) atoms. The highest BCUT2D eigenvalue weighted by Gasteiger charge is 2.26. The maximum Gasteiger partial charge on any atom is 0.0620 e. The Morgan fingerprint density at radius 1 is 0.313 bits per heavy atom. The average molecular weight is 871 g/mol. The van der Waals surface area contributed by atoms with E-state index in [9.17, 15) is 0 Å². The minimum absolute atomic E-state index is 1.09. The molecule has 0 aliphatic carbocycles. The van der Waals surface area contributed by atoms with E-state index in [-0.39, 0.29) is 0 Å². The fourth-order valence-electron chi connectivity index (χ4n) is 10.5. The van der Waals surface area contributed by atoms with Crippen molar-refractivity contribution in [2.24, 2.45) is 0 Å². The third kappa shape index (κ3) is 6.39. The highest BCUT2D eigenvalue weighted by molar-refractivity contribution is 7.26. The van der Waals surface area contributed by atoms with Crippen molar-refractivity contribution < 1.29 is 0 Å². The minimum Gasteiger partial charge on any atom is -0.309 e. The topological polar surface area (TPSA) is 8.17 Å². The van der Waals surface area contributed by atoms with Crippen LogP contribution in [0.3, 0.4) is 0 Å². The predicted octanol–water partition coefficient (Wildman–Crippen LogP) is 18.4. The Labute approximate surface area is 393 Å². The third-order valence-electron chi connectivity index (χ3n) is 13.4. The van der Waals surface area contributed by atoms with Crippen LogP contribution < -0.4 is 4.90 Å². The molecule has 0 radical (unpaired) electrons. The molecule has 0 unspecified atom stereocenters. The molecule has 0 atom stereocenters. The summed E-state index contributed by atoms with van der Waals surface area (Å²) in [6, 6.07) is 93.3. The first-order valence-electron chi connectivity index (χ1n) is 22.9. The number of anilines is 3. The largest absolute Gasteiger partial charge is 0.309 e. The molecule has 0 fully saturated rings. The highest BCUT2D eigenvalue weighted by atomic mass is 32.1. The molecule has 0 bridgehead atoms. The van der Waals surface area contributed by atoms with Crippen molar-refractivity contribution in [1.29, 1.82) is 0 Å². The van der Waals surface area contributed by atoms with E-state index in [2.05, 4.69) is 264 Å². The lowest BCUT2D eigenvalue weighted by molar-refractivity contribution is 1.18. The maximum atomic E-state index is 2.55. The van der Waals surface area contributed by atoms with Crippen LogP contribution in [0.4, 0.5) is 17.1 Å². The second-order valence-electron chi connectivity index (χ2n) is 17.1. The molecule has 2 nitrogen and oxygen atoms in total. The van der Waals surface area contributed by atoms with Gasteiger partial charge in [0.15, 0.2) is 0 Å². The van der Waals surface area contributed by atoms with E-state index in [1.807, 2.05) is 11.3 Å². The Morgan fingerprint density at radius 3 is 1.51 bits per heavy atom. The summed E-state index contributed by atoms with van der Waals surface area (Å²) in [7, 11) is 0. The molecular formula is C64H42N2S. The number of aromatic nitrogens is 1. The molecule has 13 aromatic rings. The fourth-order valence-corrected chi connectivity index (χ4v) is 11.8. The van der Waals surface area contributed by atoms with Crippen LogP contribution in [-0.4, -0.2) is 4.57 Å². The van der Waals surface area contributed by atoms with Gasteiger partial charge in [-0.3, -0.25) is 0 Å². The normalized spacial score (nSPS) is 11.6. The van der Waals surface area contributed by atoms with Gasteiger partial charge >= 0.3 is 0 Å². The van der Waals surface area contributed by atoms with Crippen LogP contribution in [0, 0.1) is 0 Å². The van der Waals surface area contributed by atoms with E-state index in [0.29, 0.717) is 0 Å². The quantitative estimate of drug-likeness (QED) is 0.148. The summed E-state index contributed by atoms with van der Waals surface area (Å²) < 4.78 is 5.03. The van der Waals surface area contributed by atoms with Crippen LogP contribution >= 0.6 is 11.3 Å². The summed E-state index contributed by atoms with van der Waals surface area (Å²) in [5.41, 5.74) is 16.2. The van der Waals surface area contributed by atoms with E-state index in [1.165, 1.54) is 80.6 Å². The van der Waals surface area contributed by atoms with Gasteiger partial charge in [0.05, 0.1) is 28.1 Å². The Bertz CT molecular complexity index is 3990. The van der Waals surface area contributed by atoms with Gasteiger partial charge in [-0.05, 0) is 69.9 Å². The van der Waals surface area contributed by atoms with Gasteiger partial charge in [-0.1, -0.05) is 212 Å². The van der Waals surface area contributed by atoms with Crippen molar-refractivity contribution in [2.75, 3.05) is 4.90 Å². The van der Waals surface area contributed by atoms with E-state index in [1.54, 1.807) is 0 Å². The lowest BCUT2D eigenvalue weighted by atomic mass is 9.90. The summed E-state index contributed by atoms with van der Waals surface area (Å²) in [6.45, 7) is 0. The summed E-state index contributed by atoms with van der Waals surface area (Å²) in [6.07, 6.45) is 0. The van der Waals surface area contributed by atoms with Crippen LogP contribution in [0.5, 0.6) is 0 Å². The zero-order valence-electron chi connectivity index (χ0n) is 36.6. The molecule has 0 aliphatic heterocycles. The van der Waals surface area contributed by atoms with Gasteiger partial charge in [0.25, 0.3) is 0 Å². The number of para-hydroxylation sites is 6. The van der Waals surface area contributed by atoms with Crippen molar-refractivity contribution >= 4 is 81.1 Å². The smallest absolute Gasteiger partial charge is 0.0620 e. The van der Waals surface area contributed by atoms with Crippen LogP contribution in [0.25, 0.3) is 103 Å². The molecule has 0 saturated heterocycles. The minimum atomic E-state index is 1.09. The molecule has 3 heteroatoms. The van der Waals surface area contributed by atoms with E-state index >= 15 is 0 Å². The lowest BCUT2D eigenvalue weighted by Crippen LogP contribution is -2.14. The average Bonchev–Trinajstić information content (AvgIpc) is 3.96. The first-order valence-corrected chi connectivity index (χ1v) is 23.8. The molecule has 11 aromatic carbocycles. The molecule has 2 heterocycles. The number of hydrogen-bond donors (Lipinski definition) is 0. The van der Waals surface area contributed by atoms with Crippen molar-refractivity contribution in [3.63, 3.8) is 0 Å². The van der Waals surface area contributed by atoms with Gasteiger partial charge in [0.1, 0.15) is 0 Å². The summed E-state index contributed by atoms with van der Waals surface area (Å²) in [5, 5.41) is 7.47. The van der Waals surface area contributed by atoms with Crippen LogP contribution in [0.1, 0.15) is 0 Å². The molecule has 0 spiro atoms. The molecule has 0 amide bonds. The van der Waals surface area contributed by atoms with Crippen LogP contribution in [-0.2, 0) is 0 Å². The van der Waals surface area contributed by atoms with Crippen molar-refractivity contribution in [1.82, 2.24) is 4.57 Å². The molecule has 0 aliphatic rings. The number of hydrogen-bond acceptors (Lipinski definition) is 2. The van der Waals surface area contributed by atoms with E-state index in [0.717, 1.165) is 39.4 Å². The van der Waals surface area contributed by atoms with Gasteiger partial charge in [-0.2, -0.15) is 0 Å². The van der Waals surface area contributed by atoms with Crippen LogP contribution in [0.2, 0.25) is 0 Å². The Morgan fingerprint density at radius 2 is 0.791 bits per heavy atom. The lowest BCUT2D eigenvalue weighted by Gasteiger charge is -2.32.